The van der Waals surface area contributed by atoms with E-state index in [1.54, 1.807) is 19.4 Å². The highest BCUT2D eigenvalue weighted by Gasteiger charge is 2.34. The summed E-state index contributed by atoms with van der Waals surface area (Å²) < 4.78 is 19.4. The molecule has 0 bridgehead atoms. The van der Waals surface area contributed by atoms with Gasteiger partial charge in [0.05, 0.1) is 31.6 Å². The van der Waals surface area contributed by atoms with E-state index in [0.717, 1.165) is 42.8 Å². The molecular formula is C27H38N2O5. The molecule has 34 heavy (non-hydrogen) atoms. The first-order valence-corrected chi connectivity index (χ1v) is 11.9. The van der Waals surface area contributed by atoms with Crippen molar-refractivity contribution in [3.05, 3.63) is 52.3 Å². The van der Waals surface area contributed by atoms with E-state index in [1.807, 2.05) is 12.1 Å². The van der Waals surface area contributed by atoms with Crippen LogP contribution in [0.4, 0.5) is 0 Å². The number of ether oxygens (including phenoxy) is 3. The summed E-state index contributed by atoms with van der Waals surface area (Å²) in [6, 6.07) is 5.64. The highest BCUT2D eigenvalue weighted by Crippen LogP contribution is 2.45. The Morgan fingerprint density at radius 2 is 1.97 bits per heavy atom. The number of pyridine rings is 1. The molecular weight excluding hydrogens is 432 g/mol. The third-order valence-corrected chi connectivity index (χ3v) is 6.17. The maximum atomic E-state index is 12.7. The number of nitrogens with one attached hydrogen (secondary N) is 1. The maximum Gasteiger partial charge on any atom is 0.193 e. The molecule has 2 N–H and O–H groups in total. The van der Waals surface area contributed by atoms with Crippen molar-refractivity contribution < 1.29 is 19.3 Å². The molecule has 0 saturated heterocycles. The zero-order valence-electron chi connectivity index (χ0n) is 21.1. The Hall–Kier alpha value is -2.77. The Kier molecular flexibility index (Phi) is 8.44. The van der Waals surface area contributed by atoms with Crippen molar-refractivity contribution >= 4 is 5.76 Å². The molecule has 1 aliphatic heterocycles. The minimum atomic E-state index is -0.257. The third kappa shape index (κ3) is 5.83. The lowest BCUT2D eigenvalue weighted by atomic mass is 9.78. The van der Waals surface area contributed by atoms with E-state index in [-0.39, 0.29) is 28.2 Å². The Bertz CT molecular complexity index is 1070. The smallest absolute Gasteiger partial charge is 0.193 e. The number of hydrogen-bond acceptors (Lipinski definition) is 6. The summed E-state index contributed by atoms with van der Waals surface area (Å²) >= 11 is 0. The van der Waals surface area contributed by atoms with Gasteiger partial charge in [-0.05, 0) is 36.1 Å². The average molecular weight is 471 g/mol. The standard InChI is InChI=1S/C27H38N2O5/c1-7-28-9-12-33-10-8-11-34-25-13-19-14-26(27(3,4)5)29-17-21(18(2)30)23(31)16-22(29)20(19)15-24(25)32-6/h13,15-17,26,28,30H,2,7-12,14H2,1,3-6H3. The van der Waals surface area contributed by atoms with Gasteiger partial charge in [0, 0.05) is 43.4 Å². The molecule has 0 spiro atoms. The maximum absolute atomic E-state index is 12.7. The molecule has 1 aliphatic rings. The number of fused-ring (bicyclic) bond motifs is 3. The molecule has 7 heteroatoms. The zero-order valence-corrected chi connectivity index (χ0v) is 21.1. The summed E-state index contributed by atoms with van der Waals surface area (Å²) in [7, 11) is 1.62. The predicted octanol–water partition coefficient (Wildman–Crippen LogP) is 4.59. The van der Waals surface area contributed by atoms with E-state index in [4.69, 9.17) is 14.2 Å². The molecule has 0 fully saturated rings. The molecule has 186 valence electrons. The first-order chi connectivity index (χ1) is 16.2. The van der Waals surface area contributed by atoms with Crippen molar-refractivity contribution in [1.29, 1.82) is 0 Å². The van der Waals surface area contributed by atoms with Crippen LogP contribution in [-0.2, 0) is 11.2 Å². The van der Waals surface area contributed by atoms with Crippen molar-refractivity contribution in [1.82, 2.24) is 9.88 Å². The second-order valence-electron chi connectivity index (χ2n) is 9.70. The lowest BCUT2D eigenvalue weighted by molar-refractivity contribution is 0.121. The SMILES string of the molecule is C=C(O)c1cn2c(cc1=O)-c1cc(OC)c(OCCCOCCNCC)cc1CC2C(C)(C)C. The third-order valence-electron chi connectivity index (χ3n) is 6.17. The van der Waals surface area contributed by atoms with Crippen LogP contribution in [0.5, 0.6) is 11.5 Å². The molecule has 3 rings (SSSR count). The van der Waals surface area contributed by atoms with E-state index in [0.29, 0.717) is 31.3 Å². The number of likely N-dealkylation sites (N-methyl/N-ethyl adjacent to an activating group) is 1. The minimum Gasteiger partial charge on any atom is -0.508 e. The van der Waals surface area contributed by atoms with Crippen LogP contribution in [0.15, 0.2) is 35.8 Å². The van der Waals surface area contributed by atoms with Crippen molar-refractivity contribution in [3.8, 4) is 22.8 Å². The molecule has 2 aromatic rings. The highest BCUT2D eigenvalue weighted by atomic mass is 16.5. The van der Waals surface area contributed by atoms with Crippen LogP contribution >= 0.6 is 0 Å². The molecule has 1 aromatic carbocycles. The van der Waals surface area contributed by atoms with Gasteiger partial charge in [-0.2, -0.15) is 0 Å². The van der Waals surface area contributed by atoms with Crippen molar-refractivity contribution in [3.63, 3.8) is 0 Å². The van der Waals surface area contributed by atoms with Gasteiger partial charge in [0.1, 0.15) is 5.76 Å². The molecule has 0 aliphatic carbocycles. The number of rotatable bonds is 11. The van der Waals surface area contributed by atoms with Gasteiger partial charge < -0.3 is 29.2 Å². The van der Waals surface area contributed by atoms with Crippen molar-refractivity contribution in [2.24, 2.45) is 5.41 Å². The Labute approximate surface area is 202 Å². The van der Waals surface area contributed by atoms with Crippen LogP contribution in [0.1, 0.15) is 51.3 Å². The topological polar surface area (TPSA) is 82.0 Å². The van der Waals surface area contributed by atoms with Crippen LogP contribution in [0.25, 0.3) is 17.0 Å². The fraction of sp³-hybridized carbons (Fsp3) is 0.519. The van der Waals surface area contributed by atoms with E-state index < -0.39 is 0 Å². The van der Waals surface area contributed by atoms with E-state index in [9.17, 15) is 9.90 Å². The van der Waals surface area contributed by atoms with Crippen LogP contribution in [-0.4, -0.2) is 49.7 Å². The van der Waals surface area contributed by atoms with Gasteiger partial charge in [-0.15, -0.1) is 0 Å². The Morgan fingerprint density at radius 3 is 2.62 bits per heavy atom. The highest BCUT2D eigenvalue weighted by molar-refractivity contribution is 5.72. The van der Waals surface area contributed by atoms with Gasteiger partial charge in [0.25, 0.3) is 0 Å². The fourth-order valence-electron chi connectivity index (χ4n) is 4.32. The number of hydrogen-bond donors (Lipinski definition) is 2. The van der Waals surface area contributed by atoms with Gasteiger partial charge in [0.15, 0.2) is 16.9 Å². The molecule has 0 saturated carbocycles. The normalized spacial score (nSPS) is 14.9. The minimum absolute atomic E-state index is 0.0829. The van der Waals surface area contributed by atoms with Gasteiger partial charge >= 0.3 is 0 Å². The van der Waals surface area contributed by atoms with Gasteiger partial charge in [0.2, 0.25) is 0 Å². The molecule has 7 nitrogen and oxygen atoms in total. The lowest BCUT2D eigenvalue weighted by Crippen LogP contribution is -2.32. The quantitative estimate of drug-likeness (QED) is 0.369. The monoisotopic (exact) mass is 470 g/mol. The van der Waals surface area contributed by atoms with E-state index >= 15 is 0 Å². The van der Waals surface area contributed by atoms with Gasteiger partial charge in [-0.25, -0.2) is 0 Å². The summed E-state index contributed by atoms with van der Waals surface area (Å²) in [6.45, 7) is 15.8. The number of aromatic nitrogens is 1. The first-order valence-electron chi connectivity index (χ1n) is 11.9. The van der Waals surface area contributed by atoms with E-state index in [2.05, 4.69) is 44.2 Å². The number of methoxy groups -OCH3 is 1. The molecule has 0 radical (unpaired) electrons. The molecule has 1 atom stereocenters. The molecule has 2 heterocycles. The van der Waals surface area contributed by atoms with Gasteiger partial charge in [-0.3, -0.25) is 4.79 Å². The Morgan fingerprint density at radius 1 is 1.21 bits per heavy atom. The summed E-state index contributed by atoms with van der Waals surface area (Å²) in [5.41, 5.74) is 2.72. The fourth-order valence-corrected chi connectivity index (χ4v) is 4.32. The zero-order chi connectivity index (χ0) is 24.9. The average Bonchev–Trinajstić information content (AvgIpc) is 2.78. The lowest BCUT2D eigenvalue weighted by Gasteiger charge is -2.39. The number of benzene rings is 1. The summed E-state index contributed by atoms with van der Waals surface area (Å²) in [6.07, 6.45) is 3.27. The molecule has 1 aromatic heterocycles. The summed E-state index contributed by atoms with van der Waals surface area (Å²) in [5.74, 6) is 1.10. The molecule has 0 amide bonds. The summed E-state index contributed by atoms with van der Waals surface area (Å²) in [4.78, 5) is 12.7. The van der Waals surface area contributed by atoms with Crippen LogP contribution in [0.3, 0.4) is 0 Å². The number of aliphatic hydroxyl groups is 1. The van der Waals surface area contributed by atoms with Crippen molar-refractivity contribution in [2.75, 3.05) is 40.0 Å². The summed E-state index contributed by atoms with van der Waals surface area (Å²) in [5, 5.41) is 13.2. The second kappa shape index (κ2) is 11.1. The number of nitrogens with zero attached hydrogens (tertiary/aromatic N) is 1. The predicted molar refractivity (Wildman–Crippen MR) is 136 cm³/mol. The Balaban J connectivity index is 1.88. The largest absolute Gasteiger partial charge is 0.508 e. The molecule has 1 unspecified atom stereocenters. The van der Waals surface area contributed by atoms with Crippen LogP contribution in [0.2, 0.25) is 0 Å². The second-order valence-corrected chi connectivity index (χ2v) is 9.70. The number of aliphatic hydroxyl groups excluding tert-OH is 1. The van der Waals surface area contributed by atoms with Crippen LogP contribution < -0.4 is 20.2 Å². The first kappa shape index (κ1) is 25.8. The van der Waals surface area contributed by atoms with E-state index in [1.165, 1.54) is 0 Å². The van der Waals surface area contributed by atoms with Crippen LogP contribution in [0, 0.1) is 5.41 Å². The van der Waals surface area contributed by atoms with Gasteiger partial charge in [-0.1, -0.05) is 34.3 Å². The van der Waals surface area contributed by atoms with Crippen molar-refractivity contribution in [2.45, 2.75) is 46.6 Å².